The summed E-state index contributed by atoms with van der Waals surface area (Å²) in [5.41, 5.74) is 2.39. The third-order valence-corrected chi connectivity index (χ3v) is 7.19. The predicted octanol–water partition coefficient (Wildman–Crippen LogP) is 5.24. The molecule has 0 amide bonds. The molecule has 2 aromatic carbocycles. The van der Waals surface area contributed by atoms with Crippen molar-refractivity contribution in [1.82, 2.24) is 10.3 Å². The number of nitrogens with zero attached hydrogens (tertiary/aromatic N) is 2. The van der Waals surface area contributed by atoms with Crippen LogP contribution in [0.2, 0.25) is 5.02 Å². The van der Waals surface area contributed by atoms with Crippen LogP contribution in [0.1, 0.15) is 33.9 Å². The molecule has 1 aliphatic rings. The molecule has 0 unspecified atom stereocenters. The van der Waals surface area contributed by atoms with E-state index in [9.17, 15) is 18.3 Å². The zero-order chi connectivity index (χ0) is 27.0. The van der Waals surface area contributed by atoms with Crippen LogP contribution < -0.4 is 14.9 Å². The van der Waals surface area contributed by atoms with E-state index >= 15 is 0 Å². The van der Waals surface area contributed by atoms with Gasteiger partial charge in [-0.15, -0.1) is 0 Å². The number of furan rings is 1. The average Bonchev–Trinajstić information content (AvgIpc) is 3.49. The van der Waals surface area contributed by atoms with Crippen LogP contribution in [0.15, 0.2) is 83.4 Å². The average molecular weight is 569 g/mol. The van der Waals surface area contributed by atoms with E-state index < -0.39 is 22.0 Å². The van der Waals surface area contributed by atoms with Crippen LogP contribution in [-0.4, -0.2) is 35.8 Å². The van der Waals surface area contributed by atoms with Gasteiger partial charge in [0.25, 0.3) is 0 Å². The van der Waals surface area contributed by atoms with Gasteiger partial charge in [0.05, 0.1) is 28.6 Å². The molecular formula is C26H21ClN4O5S2. The highest BCUT2D eigenvalue weighted by Gasteiger charge is 2.42. The molecule has 4 aromatic rings. The second-order valence-corrected chi connectivity index (χ2v) is 11.2. The van der Waals surface area contributed by atoms with Gasteiger partial charge in [-0.3, -0.25) is 9.71 Å². The maximum atomic E-state index is 11.6. The minimum atomic E-state index is -3.43. The number of benzene rings is 2. The summed E-state index contributed by atoms with van der Waals surface area (Å²) >= 11 is 12.1. The summed E-state index contributed by atoms with van der Waals surface area (Å²) in [5, 5.41) is 13.5. The Balaban J connectivity index is 1.57. The van der Waals surface area contributed by atoms with Crippen molar-refractivity contribution in [2.45, 2.75) is 12.1 Å². The van der Waals surface area contributed by atoms with E-state index in [0.717, 1.165) is 11.9 Å². The summed E-state index contributed by atoms with van der Waals surface area (Å²) in [5.74, 6) is -0.133. The minimum absolute atomic E-state index is 0.0850. The van der Waals surface area contributed by atoms with Crippen LogP contribution in [0, 0.1) is 0 Å². The number of carbonyl (C=O) groups is 1. The topological polar surface area (TPSA) is 125 Å². The number of pyridine rings is 1. The number of anilines is 2. The van der Waals surface area contributed by atoms with E-state index in [-0.39, 0.29) is 11.6 Å². The van der Waals surface area contributed by atoms with Crippen molar-refractivity contribution in [1.29, 1.82) is 0 Å². The maximum Gasteiger partial charge on any atom is 0.335 e. The third-order valence-electron chi connectivity index (χ3n) is 5.94. The van der Waals surface area contributed by atoms with Crippen LogP contribution in [0.25, 0.3) is 11.3 Å². The number of halogens is 1. The van der Waals surface area contributed by atoms with E-state index in [1.165, 1.54) is 18.2 Å². The highest BCUT2D eigenvalue weighted by molar-refractivity contribution is 7.92. The van der Waals surface area contributed by atoms with E-state index in [2.05, 4.69) is 15.0 Å². The summed E-state index contributed by atoms with van der Waals surface area (Å²) in [6.07, 6.45) is 2.77. The number of thiocarbonyl (C=S) groups is 1. The lowest BCUT2D eigenvalue weighted by Gasteiger charge is -2.26. The lowest BCUT2D eigenvalue weighted by atomic mass is 10.0. The molecule has 1 saturated heterocycles. The highest BCUT2D eigenvalue weighted by Crippen LogP contribution is 2.43. The molecule has 9 nitrogen and oxygen atoms in total. The van der Waals surface area contributed by atoms with Gasteiger partial charge in [-0.2, -0.15) is 0 Å². The number of carboxylic acids is 1. The number of nitrogens with one attached hydrogen (secondary N) is 2. The fraction of sp³-hybridized carbons (Fsp3) is 0.115. The van der Waals surface area contributed by atoms with Crippen LogP contribution in [0.4, 0.5) is 11.4 Å². The van der Waals surface area contributed by atoms with Crippen molar-refractivity contribution in [2.24, 2.45) is 0 Å². The Morgan fingerprint density at radius 1 is 1.13 bits per heavy atom. The van der Waals surface area contributed by atoms with Gasteiger partial charge in [0.1, 0.15) is 17.6 Å². The lowest BCUT2D eigenvalue weighted by molar-refractivity contribution is 0.0697. The standard InChI is InChI=1S/C26H21ClN4O5S2/c1-38(34,35)30-16-6-8-17(9-7-16)31-24(23(29-26(31)37)20-4-2-3-13-28-20)22-12-11-21(36-22)18-14-15(25(32)33)5-10-19(18)27/h2-14,23-24,30H,1H3,(H,29,37)(H,32,33)/t23-,24-/m0/s1. The first-order valence-corrected chi connectivity index (χ1v) is 14.0. The molecule has 1 aliphatic heterocycles. The molecule has 194 valence electrons. The Morgan fingerprint density at radius 3 is 2.55 bits per heavy atom. The summed E-state index contributed by atoms with van der Waals surface area (Å²) in [4.78, 5) is 17.9. The molecule has 2 aromatic heterocycles. The predicted molar refractivity (Wildman–Crippen MR) is 149 cm³/mol. The minimum Gasteiger partial charge on any atom is -0.478 e. The van der Waals surface area contributed by atoms with E-state index in [1.807, 2.05) is 23.1 Å². The van der Waals surface area contributed by atoms with Gasteiger partial charge in [0.15, 0.2) is 5.11 Å². The Morgan fingerprint density at radius 2 is 1.89 bits per heavy atom. The van der Waals surface area contributed by atoms with Crippen molar-refractivity contribution >= 4 is 56.3 Å². The monoisotopic (exact) mass is 568 g/mol. The lowest BCUT2D eigenvalue weighted by Crippen LogP contribution is -2.29. The Bertz CT molecular complexity index is 1630. The van der Waals surface area contributed by atoms with Crippen molar-refractivity contribution in [3.63, 3.8) is 0 Å². The molecule has 0 bridgehead atoms. The number of aromatic nitrogens is 1. The van der Waals surface area contributed by atoms with Crippen molar-refractivity contribution < 1.29 is 22.7 Å². The maximum absolute atomic E-state index is 11.6. The van der Waals surface area contributed by atoms with Crippen LogP contribution >= 0.6 is 23.8 Å². The summed E-state index contributed by atoms with van der Waals surface area (Å²) in [6, 6.07) is 19.5. The number of sulfonamides is 1. The second-order valence-electron chi connectivity index (χ2n) is 8.62. The van der Waals surface area contributed by atoms with Gasteiger partial charge in [-0.05, 0) is 78.9 Å². The molecule has 0 saturated carbocycles. The van der Waals surface area contributed by atoms with Gasteiger partial charge in [0.2, 0.25) is 10.0 Å². The van der Waals surface area contributed by atoms with E-state index in [4.69, 9.17) is 28.2 Å². The molecule has 0 aliphatic carbocycles. The zero-order valence-electron chi connectivity index (χ0n) is 19.8. The molecule has 0 radical (unpaired) electrons. The van der Waals surface area contributed by atoms with Crippen LogP contribution in [0.5, 0.6) is 0 Å². The first-order valence-electron chi connectivity index (χ1n) is 11.3. The number of carboxylic acid groups (broad SMARTS) is 1. The van der Waals surface area contributed by atoms with Gasteiger partial charge < -0.3 is 19.7 Å². The molecule has 2 atom stereocenters. The van der Waals surface area contributed by atoms with Gasteiger partial charge in [0, 0.05) is 23.1 Å². The Hall–Kier alpha value is -3.93. The summed E-state index contributed by atoms with van der Waals surface area (Å²) in [6.45, 7) is 0. The first kappa shape index (κ1) is 25.7. The van der Waals surface area contributed by atoms with Gasteiger partial charge in [-0.25, -0.2) is 13.2 Å². The number of aromatic carboxylic acids is 1. The van der Waals surface area contributed by atoms with E-state index in [1.54, 1.807) is 42.6 Å². The second kappa shape index (κ2) is 10.1. The molecule has 3 N–H and O–H groups in total. The van der Waals surface area contributed by atoms with Crippen molar-refractivity contribution in [2.75, 3.05) is 15.9 Å². The molecule has 5 rings (SSSR count). The van der Waals surface area contributed by atoms with Gasteiger partial charge in [-0.1, -0.05) is 17.7 Å². The Labute approximate surface area is 229 Å². The molecule has 3 heterocycles. The number of rotatable bonds is 7. The largest absolute Gasteiger partial charge is 0.478 e. The first-order chi connectivity index (χ1) is 18.1. The molecule has 38 heavy (non-hydrogen) atoms. The smallest absolute Gasteiger partial charge is 0.335 e. The molecular weight excluding hydrogens is 548 g/mol. The number of hydrogen-bond acceptors (Lipinski definition) is 6. The Kier molecular flexibility index (Phi) is 6.82. The van der Waals surface area contributed by atoms with Crippen molar-refractivity contribution in [3.05, 3.63) is 101 Å². The SMILES string of the molecule is CS(=O)(=O)Nc1ccc(N2C(=S)N[C@@H](c3ccccn3)[C@@H]2c2ccc(-c3cc(C(=O)O)ccc3Cl)o2)cc1. The van der Waals surface area contributed by atoms with Crippen molar-refractivity contribution in [3.8, 4) is 11.3 Å². The molecule has 1 fully saturated rings. The van der Waals surface area contributed by atoms with E-state index in [0.29, 0.717) is 38.6 Å². The normalized spacial score (nSPS) is 17.3. The molecule has 0 spiro atoms. The third kappa shape index (κ3) is 5.21. The van der Waals surface area contributed by atoms with Crippen LogP contribution in [-0.2, 0) is 10.0 Å². The highest BCUT2D eigenvalue weighted by atomic mass is 35.5. The quantitative estimate of drug-likeness (QED) is 0.257. The van der Waals surface area contributed by atoms with Gasteiger partial charge >= 0.3 is 5.97 Å². The fourth-order valence-corrected chi connectivity index (χ4v) is 5.45. The molecule has 12 heteroatoms. The van der Waals surface area contributed by atoms with Crippen LogP contribution in [0.3, 0.4) is 0 Å². The number of hydrogen-bond donors (Lipinski definition) is 3. The zero-order valence-corrected chi connectivity index (χ0v) is 22.2. The summed E-state index contributed by atoms with van der Waals surface area (Å²) < 4.78 is 32.0. The summed E-state index contributed by atoms with van der Waals surface area (Å²) in [7, 11) is -3.43. The fourth-order valence-electron chi connectivity index (χ4n) is 4.33.